The lowest BCUT2D eigenvalue weighted by Crippen LogP contribution is -2.40. The maximum atomic E-state index is 12.4. The Labute approximate surface area is 178 Å². The van der Waals surface area contributed by atoms with E-state index in [2.05, 4.69) is 13.8 Å². The van der Waals surface area contributed by atoms with Crippen LogP contribution in [0.3, 0.4) is 0 Å². The van der Waals surface area contributed by atoms with E-state index in [1.807, 2.05) is 0 Å². The van der Waals surface area contributed by atoms with E-state index in [0.717, 1.165) is 43.4 Å². The molecule has 0 heterocycles. The summed E-state index contributed by atoms with van der Waals surface area (Å²) in [5, 5.41) is 9.06. The van der Waals surface area contributed by atoms with E-state index in [0.29, 0.717) is 0 Å². The molecule has 1 N–H and O–H groups in total. The Bertz CT molecular complexity index is 405. The highest BCUT2D eigenvalue weighted by molar-refractivity contribution is 5.97. The number of carbonyl (C=O) groups is 3. The Morgan fingerprint density at radius 2 is 0.862 bits per heavy atom. The molecule has 0 rings (SSSR count). The Balaban J connectivity index is 4.04. The van der Waals surface area contributed by atoms with Gasteiger partial charge in [0.25, 0.3) is 0 Å². The van der Waals surface area contributed by atoms with E-state index in [1.165, 1.54) is 64.2 Å². The molecule has 0 aliphatic carbocycles. The summed E-state index contributed by atoms with van der Waals surface area (Å²) in [6.45, 7) is 3.89. The molecule has 170 valence electrons. The van der Waals surface area contributed by atoms with E-state index in [1.54, 1.807) is 0 Å². The molecule has 29 heavy (non-hydrogen) atoms. The third kappa shape index (κ3) is 17.2. The van der Waals surface area contributed by atoms with Crippen molar-refractivity contribution in [2.75, 3.05) is 6.54 Å². The summed E-state index contributed by atoms with van der Waals surface area (Å²) in [7, 11) is 0. The Morgan fingerprint density at radius 3 is 1.17 bits per heavy atom. The topological polar surface area (TPSA) is 74.7 Å². The summed E-state index contributed by atoms with van der Waals surface area (Å²) >= 11 is 0. The van der Waals surface area contributed by atoms with Gasteiger partial charge in [-0.15, -0.1) is 0 Å². The molecule has 0 fully saturated rings. The summed E-state index contributed by atoms with van der Waals surface area (Å²) in [5.41, 5.74) is 0. The minimum atomic E-state index is -1.13. The van der Waals surface area contributed by atoms with Crippen LogP contribution in [0.5, 0.6) is 0 Å². The third-order valence-corrected chi connectivity index (χ3v) is 5.38. The van der Waals surface area contributed by atoms with Crippen LogP contribution in [-0.2, 0) is 14.4 Å². The first kappa shape index (κ1) is 27.6. The van der Waals surface area contributed by atoms with E-state index < -0.39 is 12.5 Å². The van der Waals surface area contributed by atoms with Crippen molar-refractivity contribution in [2.24, 2.45) is 0 Å². The summed E-state index contributed by atoms with van der Waals surface area (Å²) < 4.78 is 0. The van der Waals surface area contributed by atoms with Crippen molar-refractivity contribution in [3.05, 3.63) is 0 Å². The molecule has 0 bridgehead atoms. The summed E-state index contributed by atoms with van der Waals surface area (Å²) in [6.07, 6.45) is 18.6. The van der Waals surface area contributed by atoms with Crippen molar-refractivity contribution in [1.29, 1.82) is 0 Å². The SMILES string of the molecule is CCCCCCCCCCC(=O)N(CC(=O)O)C(=O)CCCCCCCCCC. The Hall–Kier alpha value is -1.39. The molecule has 2 amide bonds. The van der Waals surface area contributed by atoms with Crippen molar-refractivity contribution < 1.29 is 19.5 Å². The van der Waals surface area contributed by atoms with Gasteiger partial charge in [-0.3, -0.25) is 19.3 Å². The number of imide groups is 1. The first-order chi connectivity index (χ1) is 14.0. The predicted octanol–water partition coefficient (Wildman–Crippen LogP) is 6.49. The van der Waals surface area contributed by atoms with E-state index >= 15 is 0 Å². The molecule has 0 unspecified atom stereocenters. The lowest BCUT2D eigenvalue weighted by Gasteiger charge is -2.19. The fraction of sp³-hybridized carbons (Fsp3) is 0.875. The van der Waals surface area contributed by atoms with Gasteiger partial charge in [0.2, 0.25) is 11.8 Å². The molecule has 0 radical (unpaired) electrons. The van der Waals surface area contributed by atoms with Crippen LogP contribution in [0.25, 0.3) is 0 Å². The number of amides is 2. The van der Waals surface area contributed by atoms with Crippen LogP contribution in [0.2, 0.25) is 0 Å². The quantitative estimate of drug-likeness (QED) is 0.232. The van der Waals surface area contributed by atoms with Gasteiger partial charge in [-0.2, -0.15) is 0 Å². The van der Waals surface area contributed by atoms with Crippen molar-refractivity contribution >= 4 is 17.8 Å². The van der Waals surface area contributed by atoms with Crippen LogP contribution in [0, 0.1) is 0 Å². The van der Waals surface area contributed by atoms with E-state index in [9.17, 15) is 14.4 Å². The predicted molar refractivity (Wildman–Crippen MR) is 119 cm³/mol. The van der Waals surface area contributed by atoms with Crippen molar-refractivity contribution in [3.8, 4) is 0 Å². The number of carboxylic acid groups (broad SMARTS) is 1. The smallest absolute Gasteiger partial charge is 0.323 e. The standard InChI is InChI=1S/C24H45NO4/c1-3-5-7-9-11-13-15-17-19-22(26)25(21-24(28)29)23(27)20-18-16-14-12-10-8-6-4-2/h3-21H2,1-2H3,(H,28,29). The van der Waals surface area contributed by atoms with E-state index in [-0.39, 0.29) is 24.7 Å². The van der Waals surface area contributed by atoms with Gasteiger partial charge < -0.3 is 5.11 Å². The normalized spacial score (nSPS) is 10.8. The molecule has 0 aromatic heterocycles. The van der Waals surface area contributed by atoms with Gasteiger partial charge in [-0.25, -0.2) is 0 Å². The molecular weight excluding hydrogens is 366 g/mol. The molecule has 0 saturated heterocycles. The molecule has 0 aromatic rings. The van der Waals surface area contributed by atoms with Gasteiger partial charge in [0.1, 0.15) is 6.54 Å². The van der Waals surface area contributed by atoms with Crippen LogP contribution in [0.15, 0.2) is 0 Å². The molecule has 0 aliphatic heterocycles. The van der Waals surface area contributed by atoms with Crippen molar-refractivity contribution in [3.63, 3.8) is 0 Å². The first-order valence-corrected chi connectivity index (χ1v) is 12.1. The minimum absolute atomic E-state index is 0.269. The molecule has 0 aromatic carbocycles. The number of rotatable bonds is 20. The number of hydrogen-bond donors (Lipinski definition) is 1. The van der Waals surface area contributed by atoms with Gasteiger partial charge in [0.15, 0.2) is 0 Å². The molecule has 5 heteroatoms. The van der Waals surface area contributed by atoms with Crippen molar-refractivity contribution in [2.45, 2.75) is 129 Å². The summed E-state index contributed by atoms with van der Waals surface area (Å²) in [6, 6.07) is 0. The average Bonchev–Trinajstić information content (AvgIpc) is 2.69. The molecule has 5 nitrogen and oxygen atoms in total. The first-order valence-electron chi connectivity index (χ1n) is 12.1. The van der Waals surface area contributed by atoms with Gasteiger partial charge in [-0.1, -0.05) is 104 Å². The largest absolute Gasteiger partial charge is 0.480 e. The minimum Gasteiger partial charge on any atom is -0.480 e. The van der Waals surface area contributed by atoms with Crippen molar-refractivity contribution in [1.82, 2.24) is 4.90 Å². The second-order valence-corrected chi connectivity index (χ2v) is 8.22. The van der Waals surface area contributed by atoms with Gasteiger partial charge in [0, 0.05) is 12.8 Å². The number of carbonyl (C=O) groups excluding carboxylic acids is 2. The fourth-order valence-electron chi connectivity index (χ4n) is 3.54. The van der Waals surface area contributed by atoms with Crippen LogP contribution < -0.4 is 0 Å². The second kappa shape index (κ2) is 19.9. The molecular formula is C24H45NO4. The summed E-state index contributed by atoms with van der Waals surface area (Å²) in [4.78, 5) is 36.8. The monoisotopic (exact) mass is 411 g/mol. The molecule has 0 atom stereocenters. The van der Waals surface area contributed by atoms with Crippen LogP contribution in [0.4, 0.5) is 0 Å². The highest BCUT2D eigenvalue weighted by Gasteiger charge is 2.22. The van der Waals surface area contributed by atoms with Crippen LogP contribution >= 0.6 is 0 Å². The molecule has 0 aliphatic rings. The number of nitrogens with zero attached hydrogens (tertiary/aromatic N) is 1. The average molecular weight is 412 g/mol. The number of carboxylic acids is 1. The van der Waals surface area contributed by atoms with Gasteiger partial charge in [-0.05, 0) is 12.8 Å². The van der Waals surface area contributed by atoms with Gasteiger partial charge in [0.05, 0.1) is 0 Å². The van der Waals surface area contributed by atoms with Gasteiger partial charge >= 0.3 is 5.97 Å². The lowest BCUT2D eigenvalue weighted by atomic mass is 10.1. The van der Waals surface area contributed by atoms with Crippen LogP contribution in [0.1, 0.15) is 129 Å². The zero-order valence-corrected chi connectivity index (χ0v) is 19.1. The molecule has 0 spiro atoms. The highest BCUT2D eigenvalue weighted by atomic mass is 16.4. The number of unbranched alkanes of at least 4 members (excludes halogenated alkanes) is 14. The lowest BCUT2D eigenvalue weighted by molar-refractivity contribution is -0.152. The Morgan fingerprint density at radius 1 is 0.552 bits per heavy atom. The zero-order valence-electron chi connectivity index (χ0n) is 19.1. The molecule has 0 saturated carbocycles. The number of aliphatic carboxylic acids is 1. The fourth-order valence-corrected chi connectivity index (χ4v) is 3.54. The van der Waals surface area contributed by atoms with E-state index in [4.69, 9.17) is 5.11 Å². The highest BCUT2D eigenvalue weighted by Crippen LogP contribution is 2.13. The maximum absolute atomic E-state index is 12.4. The Kier molecular flexibility index (Phi) is 19.0. The second-order valence-electron chi connectivity index (χ2n) is 8.22. The van der Waals surface area contributed by atoms with Crippen LogP contribution in [-0.4, -0.2) is 34.3 Å². The number of hydrogen-bond acceptors (Lipinski definition) is 3. The third-order valence-electron chi connectivity index (χ3n) is 5.38. The maximum Gasteiger partial charge on any atom is 0.323 e. The summed E-state index contributed by atoms with van der Waals surface area (Å²) in [5.74, 6) is -1.79. The zero-order chi connectivity index (χ0) is 21.7.